The molecule has 2 heterocycles. The van der Waals surface area contributed by atoms with Gasteiger partial charge in [-0.1, -0.05) is 0 Å². The zero-order valence-electron chi connectivity index (χ0n) is 14.1. The van der Waals surface area contributed by atoms with Crippen molar-refractivity contribution in [1.82, 2.24) is 20.0 Å². The molecule has 0 aromatic carbocycles. The Bertz CT molecular complexity index is 435. The van der Waals surface area contributed by atoms with E-state index in [0.717, 1.165) is 38.4 Å². The van der Waals surface area contributed by atoms with Crippen LogP contribution in [0.25, 0.3) is 0 Å². The van der Waals surface area contributed by atoms with E-state index >= 15 is 0 Å². The maximum Gasteiger partial charge on any atom is 0.0640 e. The highest BCUT2D eigenvalue weighted by atomic mass is 16.5. The zero-order valence-corrected chi connectivity index (χ0v) is 14.1. The van der Waals surface area contributed by atoms with Crippen molar-refractivity contribution in [3.63, 3.8) is 0 Å². The first-order chi connectivity index (χ1) is 9.95. The standard InChI is InChI=1S/C16H30N4O/c1-13(2)20-7-6-14(18-20)12-15(17-5)16(3,4)19-8-10-21-11-9-19/h6-7,13,15,17H,8-12H2,1-5H3. The fraction of sp³-hybridized carbons (Fsp3) is 0.812. The molecule has 1 aromatic heterocycles. The van der Waals surface area contributed by atoms with Crippen LogP contribution in [0, 0.1) is 0 Å². The van der Waals surface area contributed by atoms with Gasteiger partial charge in [0.25, 0.3) is 0 Å². The van der Waals surface area contributed by atoms with E-state index < -0.39 is 0 Å². The number of rotatable bonds is 6. The molecule has 0 radical (unpaired) electrons. The topological polar surface area (TPSA) is 42.3 Å². The molecule has 0 bridgehead atoms. The maximum atomic E-state index is 5.48. The SMILES string of the molecule is CNC(Cc1ccn(C(C)C)n1)C(C)(C)N1CCOCC1. The van der Waals surface area contributed by atoms with E-state index in [2.05, 4.69) is 55.3 Å². The Labute approximate surface area is 128 Å². The Morgan fingerprint density at radius 1 is 1.33 bits per heavy atom. The molecule has 1 unspecified atom stereocenters. The average Bonchev–Trinajstić information content (AvgIpc) is 2.94. The van der Waals surface area contributed by atoms with Crippen molar-refractivity contribution in [3.05, 3.63) is 18.0 Å². The number of nitrogens with zero attached hydrogens (tertiary/aromatic N) is 3. The summed E-state index contributed by atoms with van der Waals surface area (Å²) in [4.78, 5) is 2.52. The van der Waals surface area contributed by atoms with Crippen LogP contribution in [-0.2, 0) is 11.2 Å². The molecule has 5 heteroatoms. The van der Waals surface area contributed by atoms with Crippen molar-refractivity contribution in [3.8, 4) is 0 Å². The van der Waals surface area contributed by atoms with Crippen molar-refractivity contribution in [2.75, 3.05) is 33.4 Å². The molecule has 1 atom stereocenters. The maximum absolute atomic E-state index is 5.48. The second kappa shape index (κ2) is 6.90. The summed E-state index contributed by atoms with van der Waals surface area (Å²) in [6, 6.07) is 2.92. The molecule has 0 aliphatic carbocycles. The van der Waals surface area contributed by atoms with Crippen molar-refractivity contribution in [2.45, 2.75) is 51.7 Å². The molecule has 21 heavy (non-hydrogen) atoms. The third kappa shape index (κ3) is 3.84. The third-order valence-electron chi connectivity index (χ3n) is 4.63. The average molecular weight is 294 g/mol. The lowest BCUT2D eigenvalue weighted by atomic mass is 9.88. The second-order valence-corrected chi connectivity index (χ2v) is 6.68. The van der Waals surface area contributed by atoms with E-state index in [-0.39, 0.29) is 5.54 Å². The van der Waals surface area contributed by atoms with Gasteiger partial charge in [-0.25, -0.2) is 0 Å². The number of morpholine rings is 1. The minimum Gasteiger partial charge on any atom is -0.379 e. The molecule has 1 aromatic rings. The molecule has 1 N–H and O–H groups in total. The van der Waals surface area contributed by atoms with Gasteiger partial charge in [-0.2, -0.15) is 5.10 Å². The highest BCUT2D eigenvalue weighted by Crippen LogP contribution is 2.23. The largest absolute Gasteiger partial charge is 0.379 e. The second-order valence-electron chi connectivity index (χ2n) is 6.68. The number of nitrogens with one attached hydrogen (secondary N) is 1. The van der Waals surface area contributed by atoms with Crippen LogP contribution < -0.4 is 5.32 Å². The molecule has 1 saturated heterocycles. The summed E-state index contributed by atoms with van der Waals surface area (Å²) in [6.07, 6.45) is 3.02. The predicted molar refractivity (Wildman–Crippen MR) is 85.6 cm³/mol. The van der Waals surface area contributed by atoms with Gasteiger partial charge in [0.15, 0.2) is 0 Å². The molecule has 1 aliphatic rings. The van der Waals surface area contributed by atoms with Crippen LogP contribution in [-0.4, -0.2) is 59.6 Å². The molecular formula is C16H30N4O. The van der Waals surface area contributed by atoms with E-state index in [0.29, 0.717) is 12.1 Å². The highest BCUT2D eigenvalue weighted by Gasteiger charge is 2.35. The normalized spacial score (nSPS) is 19.1. The Morgan fingerprint density at radius 3 is 2.52 bits per heavy atom. The van der Waals surface area contributed by atoms with E-state index in [1.165, 1.54) is 0 Å². The monoisotopic (exact) mass is 294 g/mol. The number of hydrogen-bond donors (Lipinski definition) is 1. The molecule has 0 amide bonds. The Hall–Kier alpha value is -0.910. The van der Waals surface area contributed by atoms with Crippen LogP contribution in [0.15, 0.2) is 12.3 Å². The zero-order chi connectivity index (χ0) is 15.5. The molecule has 0 saturated carbocycles. The first kappa shape index (κ1) is 16.5. The van der Waals surface area contributed by atoms with E-state index in [1.807, 2.05) is 11.7 Å². The minimum atomic E-state index is 0.0835. The van der Waals surface area contributed by atoms with E-state index in [9.17, 15) is 0 Å². The summed E-state index contributed by atoms with van der Waals surface area (Å²) >= 11 is 0. The van der Waals surface area contributed by atoms with Crippen LogP contribution in [0.1, 0.15) is 39.4 Å². The molecule has 0 spiro atoms. The summed E-state index contributed by atoms with van der Waals surface area (Å²) in [7, 11) is 2.05. The molecule has 2 rings (SSSR count). The fourth-order valence-electron chi connectivity index (χ4n) is 3.05. The smallest absolute Gasteiger partial charge is 0.0640 e. The van der Waals surface area contributed by atoms with E-state index in [4.69, 9.17) is 4.74 Å². The highest BCUT2D eigenvalue weighted by molar-refractivity contribution is 5.06. The van der Waals surface area contributed by atoms with Crippen LogP contribution in [0.3, 0.4) is 0 Å². The van der Waals surface area contributed by atoms with Crippen molar-refractivity contribution < 1.29 is 4.74 Å². The minimum absolute atomic E-state index is 0.0835. The molecule has 1 fully saturated rings. The molecule has 120 valence electrons. The fourth-order valence-corrected chi connectivity index (χ4v) is 3.05. The summed E-state index contributed by atoms with van der Waals surface area (Å²) in [5, 5.41) is 8.18. The summed E-state index contributed by atoms with van der Waals surface area (Å²) in [5.74, 6) is 0. The van der Waals surface area contributed by atoms with Crippen molar-refractivity contribution in [2.24, 2.45) is 0 Å². The summed E-state index contributed by atoms with van der Waals surface area (Å²) in [6.45, 7) is 12.6. The van der Waals surface area contributed by atoms with Crippen LogP contribution in [0.2, 0.25) is 0 Å². The molecule has 1 aliphatic heterocycles. The Balaban J connectivity index is 2.06. The lowest BCUT2D eigenvalue weighted by Crippen LogP contribution is -2.60. The Morgan fingerprint density at radius 2 is 2.00 bits per heavy atom. The lowest BCUT2D eigenvalue weighted by molar-refractivity contribution is -0.0225. The van der Waals surface area contributed by atoms with Crippen molar-refractivity contribution in [1.29, 1.82) is 0 Å². The van der Waals surface area contributed by atoms with Crippen LogP contribution in [0.5, 0.6) is 0 Å². The summed E-state index contributed by atoms with van der Waals surface area (Å²) in [5.41, 5.74) is 1.24. The van der Waals surface area contributed by atoms with Gasteiger partial charge in [0.05, 0.1) is 18.9 Å². The van der Waals surface area contributed by atoms with Crippen LogP contribution in [0.4, 0.5) is 0 Å². The molecular weight excluding hydrogens is 264 g/mol. The van der Waals surface area contributed by atoms with Gasteiger partial charge in [-0.15, -0.1) is 0 Å². The number of likely N-dealkylation sites (N-methyl/N-ethyl adjacent to an activating group) is 1. The van der Waals surface area contributed by atoms with Gasteiger partial charge in [-0.3, -0.25) is 9.58 Å². The predicted octanol–water partition coefficient (Wildman–Crippen LogP) is 1.71. The van der Waals surface area contributed by atoms with Crippen molar-refractivity contribution >= 4 is 0 Å². The first-order valence-corrected chi connectivity index (χ1v) is 7.99. The van der Waals surface area contributed by atoms with E-state index in [1.54, 1.807) is 0 Å². The van der Waals surface area contributed by atoms with Gasteiger partial charge in [0.1, 0.15) is 0 Å². The van der Waals surface area contributed by atoms with Gasteiger partial charge in [0.2, 0.25) is 0 Å². The quantitative estimate of drug-likeness (QED) is 0.867. The summed E-state index contributed by atoms with van der Waals surface area (Å²) < 4.78 is 7.51. The number of aromatic nitrogens is 2. The number of hydrogen-bond acceptors (Lipinski definition) is 4. The van der Waals surface area contributed by atoms with Gasteiger partial charge in [0, 0.05) is 43.3 Å². The van der Waals surface area contributed by atoms with Gasteiger partial charge >= 0.3 is 0 Å². The first-order valence-electron chi connectivity index (χ1n) is 7.99. The number of ether oxygens (including phenoxy) is 1. The Kier molecular flexibility index (Phi) is 5.41. The van der Waals surface area contributed by atoms with Crippen LogP contribution >= 0.6 is 0 Å². The lowest BCUT2D eigenvalue weighted by Gasteiger charge is -2.45. The van der Waals surface area contributed by atoms with Gasteiger partial charge in [-0.05, 0) is 40.8 Å². The molecule has 5 nitrogen and oxygen atoms in total. The van der Waals surface area contributed by atoms with Gasteiger partial charge < -0.3 is 10.1 Å². The third-order valence-corrected chi connectivity index (χ3v) is 4.63.